The predicted octanol–water partition coefficient (Wildman–Crippen LogP) is 16.8. The molecule has 0 aromatic heterocycles. The van der Waals surface area contributed by atoms with Gasteiger partial charge < -0.3 is 4.90 Å². The molecule has 0 unspecified atom stereocenters. The predicted molar refractivity (Wildman–Crippen MR) is 271 cm³/mol. The molecule has 10 aromatic carbocycles. The molecule has 0 amide bonds. The van der Waals surface area contributed by atoms with Crippen LogP contribution in [0.25, 0.3) is 66.8 Å². The summed E-state index contributed by atoms with van der Waals surface area (Å²) >= 11 is 0. The molecule has 306 valence electrons. The van der Waals surface area contributed by atoms with Crippen LogP contribution >= 0.6 is 0 Å². The number of hydrogen-bond acceptors (Lipinski definition) is 1. The van der Waals surface area contributed by atoms with Crippen molar-refractivity contribution in [3.8, 4) is 66.8 Å². The smallest absolute Gasteiger partial charge is 0.0725 e. The van der Waals surface area contributed by atoms with Crippen LogP contribution in [0.1, 0.15) is 47.2 Å². The minimum absolute atomic E-state index is 0.108. The number of rotatable bonds is 6. The largest absolute Gasteiger partial charge is 0.310 e. The SMILES string of the molecule is CC1(C)c2ccccc2-c2ccc(N(c3ccc(-c4ccccc4)cc3)c3ccc(-c4ccc5c(c4)C4(c6ccccc6-c6ccccc64)c4ccc(-c6ccccc6)cc4-5)cc3)cc21. The molecule has 0 fully saturated rings. The standard InChI is InChI=1S/C64H45N/c1-63(2)57-22-12-9-19-51(57)54-37-35-50(41-61(54)63)65(48-31-25-44(26-32-48)42-15-5-3-6-16-42)49-33-27-45(28-34-49)47-29-36-55-56-39-46(43-17-7-4-8-18-43)30-38-60(56)64(62(55)40-47)58-23-13-10-20-52(58)53-21-11-14-24-59(53)64/h3-41H,1-2H3. The maximum atomic E-state index is 2.49. The first-order valence-electron chi connectivity index (χ1n) is 22.8. The number of anilines is 3. The average molecular weight is 828 g/mol. The second kappa shape index (κ2) is 14.3. The quantitative estimate of drug-likeness (QED) is 0.161. The molecular formula is C64H45N. The summed E-state index contributed by atoms with van der Waals surface area (Å²) in [6.07, 6.45) is 0. The Morgan fingerprint density at radius 1 is 0.246 bits per heavy atom. The lowest BCUT2D eigenvalue weighted by atomic mass is 9.70. The van der Waals surface area contributed by atoms with Gasteiger partial charge in [-0.15, -0.1) is 0 Å². The highest BCUT2D eigenvalue weighted by Crippen LogP contribution is 2.63. The summed E-state index contributed by atoms with van der Waals surface area (Å²) in [4.78, 5) is 2.42. The molecule has 3 aliphatic carbocycles. The zero-order valence-electron chi connectivity index (χ0n) is 36.5. The van der Waals surface area contributed by atoms with E-state index >= 15 is 0 Å². The van der Waals surface area contributed by atoms with Crippen LogP contribution in [0.2, 0.25) is 0 Å². The maximum absolute atomic E-state index is 2.49. The van der Waals surface area contributed by atoms with E-state index in [1.165, 1.54) is 100 Å². The van der Waals surface area contributed by atoms with E-state index in [1.54, 1.807) is 0 Å². The summed E-state index contributed by atoms with van der Waals surface area (Å²) in [5.41, 5.74) is 26.2. The summed E-state index contributed by atoms with van der Waals surface area (Å²) in [7, 11) is 0. The molecule has 1 spiro atoms. The van der Waals surface area contributed by atoms with E-state index in [-0.39, 0.29) is 5.41 Å². The second-order valence-corrected chi connectivity index (χ2v) is 18.4. The van der Waals surface area contributed by atoms with Crippen LogP contribution in [0.15, 0.2) is 237 Å². The van der Waals surface area contributed by atoms with Crippen molar-refractivity contribution < 1.29 is 0 Å². The zero-order valence-corrected chi connectivity index (χ0v) is 36.5. The van der Waals surface area contributed by atoms with E-state index in [9.17, 15) is 0 Å². The van der Waals surface area contributed by atoms with Crippen LogP contribution in [0.4, 0.5) is 17.1 Å². The van der Waals surface area contributed by atoms with Crippen molar-refractivity contribution >= 4 is 17.1 Å². The van der Waals surface area contributed by atoms with Crippen LogP contribution in [0, 0.1) is 0 Å². The lowest BCUT2D eigenvalue weighted by Gasteiger charge is -2.31. The van der Waals surface area contributed by atoms with Crippen molar-refractivity contribution in [2.45, 2.75) is 24.7 Å². The van der Waals surface area contributed by atoms with E-state index in [2.05, 4.69) is 255 Å². The maximum Gasteiger partial charge on any atom is 0.0725 e. The zero-order chi connectivity index (χ0) is 43.3. The van der Waals surface area contributed by atoms with Crippen molar-refractivity contribution in [3.63, 3.8) is 0 Å². The summed E-state index contributed by atoms with van der Waals surface area (Å²) < 4.78 is 0. The molecule has 1 nitrogen and oxygen atoms in total. The molecule has 0 radical (unpaired) electrons. The Morgan fingerprint density at radius 3 is 1.25 bits per heavy atom. The molecular weight excluding hydrogens is 783 g/mol. The number of fused-ring (bicyclic) bond motifs is 13. The van der Waals surface area contributed by atoms with Crippen molar-refractivity contribution in [2.75, 3.05) is 4.90 Å². The second-order valence-electron chi connectivity index (χ2n) is 18.4. The van der Waals surface area contributed by atoms with E-state index in [1.807, 2.05) is 0 Å². The van der Waals surface area contributed by atoms with E-state index in [4.69, 9.17) is 0 Å². The van der Waals surface area contributed by atoms with Gasteiger partial charge in [-0.05, 0) is 149 Å². The van der Waals surface area contributed by atoms with Gasteiger partial charge in [-0.2, -0.15) is 0 Å². The molecule has 13 rings (SSSR count). The number of benzene rings is 10. The van der Waals surface area contributed by atoms with Gasteiger partial charge in [0.25, 0.3) is 0 Å². The highest BCUT2D eigenvalue weighted by atomic mass is 15.1. The van der Waals surface area contributed by atoms with Gasteiger partial charge in [0, 0.05) is 22.5 Å². The lowest BCUT2D eigenvalue weighted by molar-refractivity contribution is 0.660. The third-order valence-corrected chi connectivity index (χ3v) is 14.7. The molecule has 0 atom stereocenters. The Hall–Kier alpha value is -8.00. The highest BCUT2D eigenvalue weighted by Gasteiger charge is 2.51. The Balaban J connectivity index is 0.945. The van der Waals surface area contributed by atoms with Crippen molar-refractivity contribution in [1.82, 2.24) is 0 Å². The topological polar surface area (TPSA) is 3.24 Å². The summed E-state index contributed by atoms with van der Waals surface area (Å²) in [5, 5.41) is 0. The van der Waals surface area contributed by atoms with E-state index in [0.717, 1.165) is 17.1 Å². The highest BCUT2D eigenvalue weighted by molar-refractivity contribution is 5.97. The van der Waals surface area contributed by atoms with Crippen molar-refractivity contribution in [3.05, 3.63) is 270 Å². The fraction of sp³-hybridized carbons (Fsp3) is 0.0625. The summed E-state index contributed by atoms with van der Waals surface area (Å²) in [6, 6.07) is 88.1. The minimum atomic E-state index is -0.424. The molecule has 0 saturated heterocycles. The number of hydrogen-bond donors (Lipinski definition) is 0. The van der Waals surface area contributed by atoms with Crippen LogP contribution in [0.3, 0.4) is 0 Å². The average Bonchev–Trinajstić information content (AvgIpc) is 3.93. The molecule has 0 saturated carbocycles. The fourth-order valence-corrected chi connectivity index (χ4v) is 11.6. The molecule has 0 bridgehead atoms. The third kappa shape index (κ3) is 5.52. The fourth-order valence-electron chi connectivity index (χ4n) is 11.6. The normalized spacial score (nSPS) is 13.9. The Bertz CT molecular complexity index is 3440. The van der Waals surface area contributed by atoms with Gasteiger partial charge in [0.05, 0.1) is 5.41 Å². The third-order valence-electron chi connectivity index (χ3n) is 14.7. The lowest BCUT2D eigenvalue weighted by Crippen LogP contribution is -2.25. The van der Waals surface area contributed by atoms with Crippen LogP contribution in [-0.4, -0.2) is 0 Å². The first-order chi connectivity index (χ1) is 32.0. The van der Waals surface area contributed by atoms with E-state index in [0.29, 0.717) is 0 Å². The first kappa shape index (κ1) is 37.5. The molecule has 1 heteroatoms. The van der Waals surface area contributed by atoms with Crippen LogP contribution in [-0.2, 0) is 10.8 Å². The molecule has 10 aromatic rings. The monoisotopic (exact) mass is 827 g/mol. The van der Waals surface area contributed by atoms with Gasteiger partial charge in [-0.25, -0.2) is 0 Å². The molecule has 3 aliphatic rings. The molecule has 65 heavy (non-hydrogen) atoms. The Kier molecular flexibility index (Phi) is 8.24. The first-order valence-corrected chi connectivity index (χ1v) is 22.8. The van der Waals surface area contributed by atoms with Gasteiger partial charge in [0.2, 0.25) is 0 Å². The molecule has 0 heterocycles. The van der Waals surface area contributed by atoms with E-state index < -0.39 is 5.41 Å². The Morgan fingerprint density at radius 2 is 0.631 bits per heavy atom. The number of nitrogens with zero attached hydrogens (tertiary/aromatic N) is 1. The summed E-state index contributed by atoms with van der Waals surface area (Å²) in [6.45, 7) is 4.72. The van der Waals surface area contributed by atoms with Crippen LogP contribution in [0.5, 0.6) is 0 Å². The van der Waals surface area contributed by atoms with Gasteiger partial charge in [0.15, 0.2) is 0 Å². The van der Waals surface area contributed by atoms with Crippen molar-refractivity contribution in [2.24, 2.45) is 0 Å². The molecule has 0 N–H and O–H groups in total. The van der Waals surface area contributed by atoms with Crippen molar-refractivity contribution in [1.29, 1.82) is 0 Å². The van der Waals surface area contributed by atoms with Gasteiger partial charge in [0.1, 0.15) is 0 Å². The van der Waals surface area contributed by atoms with Crippen LogP contribution < -0.4 is 4.90 Å². The minimum Gasteiger partial charge on any atom is -0.310 e. The molecule has 0 aliphatic heterocycles. The van der Waals surface area contributed by atoms with Gasteiger partial charge in [-0.1, -0.05) is 202 Å². The Labute approximate surface area is 381 Å². The van der Waals surface area contributed by atoms with Gasteiger partial charge in [-0.3, -0.25) is 0 Å². The summed E-state index contributed by atoms with van der Waals surface area (Å²) in [5.74, 6) is 0. The van der Waals surface area contributed by atoms with Gasteiger partial charge >= 0.3 is 0 Å².